The molecule has 0 aliphatic rings. The molecule has 0 spiro atoms. The number of nitro groups is 1. The number of rotatable bonds is 3. The van der Waals surface area contributed by atoms with Gasteiger partial charge in [-0.1, -0.05) is 6.07 Å². The zero-order chi connectivity index (χ0) is 15.6. The minimum atomic E-state index is -0.465. The van der Waals surface area contributed by atoms with Crippen molar-refractivity contribution in [2.24, 2.45) is 0 Å². The molecule has 0 radical (unpaired) electrons. The van der Waals surface area contributed by atoms with Crippen molar-refractivity contribution in [3.63, 3.8) is 0 Å². The number of halogens is 1. The zero-order valence-corrected chi connectivity index (χ0v) is 13.1. The first-order valence-corrected chi connectivity index (χ1v) is 7.00. The number of aryl methyl sites for hydroxylation is 2. The Morgan fingerprint density at radius 1 is 1.19 bits per heavy atom. The molecule has 0 saturated carbocycles. The Hall–Kier alpha value is -2.21. The maximum Gasteiger partial charge on any atom is 0.272 e. The summed E-state index contributed by atoms with van der Waals surface area (Å²) in [6.45, 7) is 3.56. The molecule has 2 aromatic rings. The first-order chi connectivity index (χ1) is 9.88. The molecule has 0 fully saturated rings. The highest BCUT2D eigenvalue weighted by Crippen LogP contribution is 2.25. The summed E-state index contributed by atoms with van der Waals surface area (Å²) < 4.78 is 0.787. The van der Waals surface area contributed by atoms with Gasteiger partial charge in [0.1, 0.15) is 0 Å². The number of nitrogens with one attached hydrogen (secondary N) is 1. The van der Waals surface area contributed by atoms with Gasteiger partial charge in [-0.3, -0.25) is 14.9 Å². The highest BCUT2D eigenvalue weighted by Gasteiger charge is 2.14. The van der Waals surface area contributed by atoms with Gasteiger partial charge in [0.05, 0.1) is 10.6 Å². The molecule has 108 valence electrons. The molecule has 0 heterocycles. The number of nitrogens with zero attached hydrogens (tertiary/aromatic N) is 1. The average Bonchev–Trinajstić information content (AvgIpc) is 2.41. The quantitative estimate of drug-likeness (QED) is 0.666. The number of nitro benzene ring substituents is 1. The summed E-state index contributed by atoms with van der Waals surface area (Å²) in [5.41, 5.74) is 2.57. The molecule has 5 nitrogen and oxygen atoms in total. The molecule has 0 unspecified atom stereocenters. The second kappa shape index (κ2) is 6.05. The Morgan fingerprint density at radius 3 is 2.48 bits per heavy atom. The minimum Gasteiger partial charge on any atom is -0.321 e. The Kier molecular flexibility index (Phi) is 4.37. The third kappa shape index (κ3) is 3.46. The van der Waals surface area contributed by atoms with Crippen LogP contribution in [0.1, 0.15) is 21.5 Å². The molecular formula is C15H13BrN2O3. The lowest BCUT2D eigenvalue weighted by molar-refractivity contribution is -0.385. The predicted molar refractivity (Wildman–Crippen MR) is 84.7 cm³/mol. The topological polar surface area (TPSA) is 72.2 Å². The number of anilines is 1. The van der Waals surface area contributed by atoms with E-state index >= 15 is 0 Å². The second-order valence-electron chi connectivity index (χ2n) is 4.70. The Bertz CT molecular complexity index is 729. The van der Waals surface area contributed by atoms with E-state index in [9.17, 15) is 14.9 Å². The van der Waals surface area contributed by atoms with Crippen molar-refractivity contribution in [2.75, 3.05) is 5.32 Å². The summed E-state index contributed by atoms with van der Waals surface area (Å²) in [6, 6.07) is 9.89. The smallest absolute Gasteiger partial charge is 0.272 e. The largest absolute Gasteiger partial charge is 0.321 e. The van der Waals surface area contributed by atoms with Crippen LogP contribution in [0, 0.1) is 24.0 Å². The molecule has 2 rings (SSSR count). The summed E-state index contributed by atoms with van der Waals surface area (Å²) in [5, 5.41) is 13.5. The number of carbonyl (C=O) groups excluding carboxylic acids is 1. The van der Waals surface area contributed by atoms with Gasteiger partial charge in [0, 0.05) is 21.7 Å². The average molecular weight is 349 g/mol. The third-order valence-corrected chi connectivity index (χ3v) is 3.68. The number of benzene rings is 2. The number of hydrogen-bond donors (Lipinski definition) is 1. The van der Waals surface area contributed by atoms with Gasteiger partial charge in [0.25, 0.3) is 11.6 Å². The van der Waals surface area contributed by atoms with Gasteiger partial charge in [-0.05, 0) is 59.6 Å². The van der Waals surface area contributed by atoms with Gasteiger partial charge in [0.2, 0.25) is 0 Å². The van der Waals surface area contributed by atoms with E-state index in [4.69, 9.17) is 0 Å². The summed E-state index contributed by atoms with van der Waals surface area (Å²) in [6.07, 6.45) is 0. The maximum absolute atomic E-state index is 12.2. The van der Waals surface area contributed by atoms with Crippen LogP contribution >= 0.6 is 15.9 Å². The van der Waals surface area contributed by atoms with E-state index < -0.39 is 4.92 Å². The zero-order valence-electron chi connectivity index (χ0n) is 11.5. The van der Waals surface area contributed by atoms with Crippen LogP contribution in [0.2, 0.25) is 0 Å². The van der Waals surface area contributed by atoms with Gasteiger partial charge >= 0.3 is 0 Å². The Morgan fingerprint density at radius 2 is 1.90 bits per heavy atom. The molecule has 2 aromatic carbocycles. The number of carbonyl (C=O) groups is 1. The normalized spacial score (nSPS) is 10.2. The lowest BCUT2D eigenvalue weighted by Gasteiger charge is -2.08. The van der Waals surface area contributed by atoms with Crippen molar-refractivity contribution in [3.05, 3.63) is 67.7 Å². The van der Waals surface area contributed by atoms with Crippen LogP contribution in [0.4, 0.5) is 11.4 Å². The van der Waals surface area contributed by atoms with Crippen molar-refractivity contribution in [1.82, 2.24) is 0 Å². The number of amides is 1. The van der Waals surface area contributed by atoms with E-state index in [2.05, 4.69) is 21.2 Å². The highest BCUT2D eigenvalue weighted by molar-refractivity contribution is 9.10. The van der Waals surface area contributed by atoms with Crippen LogP contribution in [0.5, 0.6) is 0 Å². The molecule has 0 saturated heterocycles. The second-order valence-corrected chi connectivity index (χ2v) is 5.55. The van der Waals surface area contributed by atoms with Gasteiger partial charge in [-0.2, -0.15) is 0 Å². The fourth-order valence-electron chi connectivity index (χ4n) is 1.92. The fraction of sp³-hybridized carbons (Fsp3) is 0.133. The molecule has 0 atom stereocenters. The summed E-state index contributed by atoms with van der Waals surface area (Å²) >= 11 is 3.39. The first kappa shape index (κ1) is 15.2. The standard InChI is InChI=1S/C15H13BrN2O3/c1-9-3-5-13(12(16)7-9)17-15(19)11-4-6-14(18(20)21)10(2)8-11/h3-8H,1-2H3,(H,17,19). The SMILES string of the molecule is Cc1ccc(NC(=O)c2ccc([N+](=O)[O-])c(C)c2)c(Br)c1. The van der Waals surface area contributed by atoms with Gasteiger partial charge < -0.3 is 5.32 Å². The van der Waals surface area contributed by atoms with Crippen LogP contribution in [-0.2, 0) is 0 Å². The molecule has 6 heteroatoms. The minimum absolute atomic E-state index is 0.00284. The number of hydrogen-bond acceptors (Lipinski definition) is 3. The van der Waals surface area contributed by atoms with Crippen molar-refractivity contribution in [1.29, 1.82) is 0 Å². The summed E-state index contributed by atoms with van der Waals surface area (Å²) in [7, 11) is 0. The monoisotopic (exact) mass is 348 g/mol. The third-order valence-electron chi connectivity index (χ3n) is 3.03. The summed E-state index contributed by atoms with van der Waals surface area (Å²) in [4.78, 5) is 22.5. The van der Waals surface area contributed by atoms with Crippen LogP contribution in [0.3, 0.4) is 0 Å². The predicted octanol–water partition coefficient (Wildman–Crippen LogP) is 4.23. The highest BCUT2D eigenvalue weighted by atomic mass is 79.9. The van der Waals surface area contributed by atoms with Gasteiger partial charge in [0.15, 0.2) is 0 Å². The molecule has 21 heavy (non-hydrogen) atoms. The van der Waals surface area contributed by atoms with Crippen molar-refractivity contribution < 1.29 is 9.72 Å². The fourth-order valence-corrected chi connectivity index (χ4v) is 2.51. The molecule has 1 N–H and O–H groups in total. The lowest BCUT2D eigenvalue weighted by atomic mass is 10.1. The maximum atomic E-state index is 12.2. The van der Waals surface area contributed by atoms with Gasteiger partial charge in [-0.25, -0.2) is 0 Å². The van der Waals surface area contributed by atoms with Crippen LogP contribution < -0.4 is 5.32 Å². The van der Waals surface area contributed by atoms with Crippen LogP contribution in [0.25, 0.3) is 0 Å². The van der Waals surface area contributed by atoms with Gasteiger partial charge in [-0.15, -0.1) is 0 Å². The Balaban J connectivity index is 2.24. The van der Waals surface area contributed by atoms with E-state index in [0.717, 1.165) is 10.0 Å². The van der Waals surface area contributed by atoms with Crippen molar-refractivity contribution in [3.8, 4) is 0 Å². The Labute approximate surface area is 130 Å². The lowest BCUT2D eigenvalue weighted by Crippen LogP contribution is -2.12. The van der Waals surface area contributed by atoms with E-state index in [0.29, 0.717) is 16.8 Å². The van der Waals surface area contributed by atoms with E-state index in [1.165, 1.54) is 18.2 Å². The molecule has 0 aliphatic carbocycles. The molecular weight excluding hydrogens is 336 g/mol. The molecule has 0 aromatic heterocycles. The van der Waals surface area contributed by atoms with Crippen molar-refractivity contribution >= 4 is 33.2 Å². The van der Waals surface area contributed by atoms with Crippen LogP contribution in [-0.4, -0.2) is 10.8 Å². The first-order valence-electron chi connectivity index (χ1n) is 6.21. The van der Waals surface area contributed by atoms with E-state index in [1.54, 1.807) is 13.0 Å². The molecule has 0 aliphatic heterocycles. The molecule has 0 bridgehead atoms. The van der Waals surface area contributed by atoms with Crippen LogP contribution in [0.15, 0.2) is 40.9 Å². The summed E-state index contributed by atoms with van der Waals surface area (Å²) in [5.74, 6) is -0.308. The van der Waals surface area contributed by atoms with E-state index in [1.807, 2.05) is 19.1 Å². The van der Waals surface area contributed by atoms with Crippen molar-refractivity contribution in [2.45, 2.75) is 13.8 Å². The molecule has 1 amide bonds. The van der Waals surface area contributed by atoms with E-state index in [-0.39, 0.29) is 11.6 Å².